The van der Waals surface area contributed by atoms with Crippen molar-refractivity contribution in [3.05, 3.63) is 0 Å². The molecule has 2 saturated carbocycles. The van der Waals surface area contributed by atoms with E-state index in [0.717, 1.165) is 38.5 Å². The van der Waals surface area contributed by atoms with Gasteiger partial charge in [0.05, 0.1) is 0 Å². The number of hydrogen-bond acceptors (Lipinski definition) is 3. The third-order valence-electron chi connectivity index (χ3n) is 5.70. The molecule has 116 valence electrons. The van der Waals surface area contributed by atoms with E-state index in [1.54, 1.807) is 0 Å². The molecular weight excluding hydrogens is 268 g/mol. The highest BCUT2D eigenvalue weighted by Crippen LogP contribution is 2.41. The summed E-state index contributed by atoms with van der Waals surface area (Å²) in [5.74, 6) is -0.204. The minimum Gasteiger partial charge on any atom is -0.277 e. The standard InChI is InChI=1S/C16H24N2O3/c1-11(12-7-6-8-12)18-14(20)16(13(19)17-15(18)21)9-4-2-3-5-10-16/h11-12H,2-10H2,1H3,(H,17,19,21). The molecule has 2 aliphatic carbocycles. The molecule has 4 amide bonds. The Hall–Kier alpha value is -1.39. The van der Waals surface area contributed by atoms with Crippen LogP contribution in [0.1, 0.15) is 64.7 Å². The fourth-order valence-corrected chi connectivity index (χ4v) is 3.97. The van der Waals surface area contributed by atoms with Gasteiger partial charge in [-0.15, -0.1) is 0 Å². The molecule has 21 heavy (non-hydrogen) atoms. The van der Waals surface area contributed by atoms with Gasteiger partial charge in [-0.1, -0.05) is 32.1 Å². The van der Waals surface area contributed by atoms with Crippen molar-refractivity contribution in [2.24, 2.45) is 11.3 Å². The quantitative estimate of drug-likeness (QED) is 0.795. The molecule has 5 heteroatoms. The van der Waals surface area contributed by atoms with Gasteiger partial charge in [-0.25, -0.2) is 4.79 Å². The first-order valence-electron chi connectivity index (χ1n) is 8.25. The summed E-state index contributed by atoms with van der Waals surface area (Å²) >= 11 is 0. The zero-order valence-electron chi connectivity index (χ0n) is 12.7. The molecule has 0 aromatic rings. The van der Waals surface area contributed by atoms with Gasteiger partial charge < -0.3 is 0 Å². The first-order chi connectivity index (χ1) is 10.1. The van der Waals surface area contributed by atoms with E-state index in [1.165, 1.54) is 11.3 Å². The summed E-state index contributed by atoms with van der Waals surface area (Å²) in [6.45, 7) is 1.95. The van der Waals surface area contributed by atoms with Gasteiger partial charge in [0.1, 0.15) is 5.41 Å². The molecule has 1 unspecified atom stereocenters. The number of urea groups is 1. The molecule has 1 heterocycles. The SMILES string of the molecule is CC(C1CCC1)N1C(=O)NC(=O)C2(CCCCCC2)C1=O. The maximum absolute atomic E-state index is 13.0. The Kier molecular flexibility index (Phi) is 3.76. The minimum atomic E-state index is -0.984. The molecule has 1 spiro atoms. The van der Waals surface area contributed by atoms with Gasteiger partial charge in [0.15, 0.2) is 0 Å². The van der Waals surface area contributed by atoms with Crippen LogP contribution in [0.2, 0.25) is 0 Å². The molecule has 0 aromatic heterocycles. The van der Waals surface area contributed by atoms with Crippen molar-refractivity contribution in [1.29, 1.82) is 0 Å². The Morgan fingerprint density at radius 2 is 1.67 bits per heavy atom. The number of carbonyl (C=O) groups excluding carboxylic acids is 3. The van der Waals surface area contributed by atoms with Crippen molar-refractivity contribution in [3.8, 4) is 0 Å². The summed E-state index contributed by atoms with van der Waals surface area (Å²) in [5, 5.41) is 2.46. The Balaban J connectivity index is 1.88. The topological polar surface area (TPSA) is 66.5 Å². The summed E-state index contributed by atoms with van der Waals surface area (Å²) in [5.41, 5.74) is -0.984. The van der Waals surface area contributed by atoms with Crippen LogP contribution in [0.25, 0.3) is 0 Å². The average molecular weight is 292 g/mol. The molecule has 5 nitrogen and oxygen atoms in total. The lowest BCUT2D eigenvalue weighted by molar-refractivity contribution is -0.155. The van der Waals surface area contributed by atoms with Gasteiger partial charge in [0, 0.05) is 6.04 Å². The largest absolute Gasteiger partial charge is 0.331 e. The fourth-order valence-electron chi connectivity index (χ4n) is 3.97. The number of hydrogen-bond donors (Lipinski definition) is 1. The van der Waals surface area contributed by atoms with Crippen molar-refractivity contribution in [3.63, 3.8) is 0 Å². The van der Waals surface area contributed by atoms with Crippen molar-refractivity contribution >= 4 is 17.8 Å². The van der Waals surface area contributed by atoms with E-state index < -0.39 is 11.4 Å². The van der Waals surface area contributed by atoms with Crippen molar-refractivity contribution in [1.82, 2.24) is 10.2 Å². The van der Waals surface area contributed by atoms with Crippen LogP contribution in [0.3, 0.4) is 0 Å². The molecule has 1 atom stereocenters. The first-order valence-corrected chi connectivity index (χ1v) is 8.25. The van der Waals surface area contributed by atoms with Crippen LogP contribution in [0.15, 0.2) is 0 Å². The smallest absolute Gasteiger partial charge is 0.277 e. The van der Waals surface area contributed by atoms with Gasteiger partial charge in [-0.05, 0) is 38.5 Å². The van der Waals surface area contributed by atoms with Crippen LogP contribution >= 0.6 is 0 Å². The molecule has 1 aliphatic heterocycles. The van der Waals surface area contributed by atoms with Crippen molar-refractivity contribution in [2.75, 3.05) is 0 Å². The summed E-state index contributed by atoms with van der Waals surface area (Å²) in [6, 6.07) is -0.612. The van der Waals surface area contributed by atoms with Gasteiger partial charge in [0.25, 0.3) is 0 Å². The molecule has 3 rings (SSSR count). The predicted molar refractivity (Wildman–Crippen MR) is 77.3 cm³/mol. The number of barbiturate groups is 1. The van der Waals surface area contributed by atoms with Gasteiger partial charge in [-0.3, -0.25) is 19.8 Å². The number of imide groups is 2. The van der Waals surface area contributed by atoms with Crippen molar-refractivity contribution < 1.29 is 14.4 Å². The third-order valence-corrected chi connectivity index (χ3v) is 5.70. The molecule has 1 N–H and O–H groups in total. The average Bonchev–Trinajstić information content (AvgIpc) is 2.61. The third kappa shape index (κ3) is 2.27. The lowest BCUT2D eigenvalue weighted by Crippen LogP contribution is -2.66. The van der Waals surface area contributed by atoms with Crippen LogP contribution in [0, 0.1) is 11.3 Å². The Morgan fingerprint density at radius 1 is 1.05 bits per heavy atom. The lowest BCUT2D eigenvalue weighted by Gasteiger charge is -2.45. The van der Waals surface area contributed by atoms with E-state index in [0.29, 0.717) is 18.8 Å². The van der Waals surface area contributed by atoms with Gasteiger partial charge in [0.2, 0.25) is 11.8 Å². The predicted octanol–water partition coefficient (Wildman–Crippen LogP) is 2.59. The van der Waals surface area contributed by atoms with E-state index >= 15 is 0 Å². The van der Waals surface area contributed by atoms with Gasteiger partial charge in [-0.2, -0.15) is 0 Å². The maximum atomic E-state index is 13.0. The molecule has 3 fully saturated rings. The zero-order valence-corrected chi connectivity index (χ0v) is 12.7. The Labute approximate surface area is 125 Å². The van der Waals surface area contributed by atoms with Crippen LogP contribution in [0.4, 0.5) is 4.79 Å². The Bertz CT molecular complexity index is 462. The fraction of sp³-hybridized carbons (Fsp3) is 0.812. The van der Waals surface area contributed by atoms with E-state index in [1.807, 2.05) is 6.92 Å². The second kappa shape index (κ2) is 5.43. The summed E-state index contributed by atoms with van der Waals surface area (Å²) in [4.78, 5) is 38.9. The van der Waals surface area contributed by atoms with Crippen LogP contribution in [-0.4, -0.2) is 28.8 Å². The minimum absolute atomic E-state index is 0.0977. The number of rotatable bonds is 2. The first kappa shape index (κ1) is 14.5. The van der Waals surface area contributed by atoms with E-state index in [2.05, 4.69) is 5.32 Å². The highest BCUT2D eigenvalue weighted by Gasteiger charge is 2.55. The van der Waals surface area contributed by atoms with E-state index in [4.69, 9.17) is 0 Å². The van der Waals surface area contributed by atoms with Crippen LogP contribution in [-0.2, 0) is 9.59 Å². The number of nitrogens with one attached hydrogen (secondary N) is 1. The van der Waals surface area contributed by atoms with E-state index in [9.17, 15) is 14.4 Å². The molecule has 0 bridgehead atoms. The lowest BCUT2D eigenvalue weighted by atomic mass is 9.74. The Morgan fingerprint density at radius 3 is 2.19 bits per heavy atom. The molecule has 0 radical (unpaired) electrons. The van der Waals surface area contributed by atoms with E-state index in [-0.39, 0.29) is 17.9 Å². The number of nitrogens with zero attached hydrogens (tertiary/aromatic N) is 1. The summed E-state index contributed by atoms with van der Waals surface area (Å²) < 4.78 is 0. The highest BCUT2D eigenvalue weighted by molar-refractivity contribution is 6.19. The summed E-state index contributed by atoms with van der Waals surface area (Å²) in [6.07, 6.45) is 8.37. The molecule has 3 aliphatic rings. The second-order valence-corrected chi connectivity index (χ2v) is 6.86. The molecule has 1 saturated heterocycles. The summed E-state index contributed by atoms with van der Waals surface area (Å²) in [7, 11) is 0. The van der Waals surface area contributed by atoms with Gasteiger partial charge >= 0.3 is 6.03 Å². The number of carbonyl (C=O) groups is 3. The van der Waals surface area contributed by atoms with Crippen LogP contribution < -0.4 is 5.32 Å². The normalized spacial score (nSPS) is 28.0. The second-order valence-electron chi connectivity index (χ2n) is 6.86. The highest BCUT2D eigenvalue weighted by atomic mass is 16.2. The van der Waals surface area contributed by atoms with Crippen molar-refractivity contribution in [2.45, 2.75) is 70.8 Å². The van der Waals surface area contributed by atoms with Crippen LogP contribution in [0.5, 0.6) is 0 Å². The molecular formula is C16H24N2O3. The monoisotopic (exact) mass is 292 g/mol. The number of amides is 4. The molecule has 0 aromatic carbocycles. The maximum Gasteiger partial charge on any atom is 0.331 e. The zero-order chi connectivity index (χ0) is 15.0.